The van der Waals surface area contributed by atoms with E-state index in [0.717, 1.165) is 36.3 Å². The van der Waals surface area contributed by atoms with Gasteiger partial charge in [0.15, 0.2) is 5.82 Å². The molecule has 1 aromatic heterocycles. The van der Waals surface area contributed by atoms with E-state index < -0.39 is 0 Å². The standard InChI is InChI=1S/C14H14ClN3O/c1-16-14-9-3-2-4-11(9)17-13(18-14)8-5-6-12(19)10(15)7-8/h5-7,19H,2-4H2,1H3,(H,16,17,18). The number of hydrogen-bond acceptors (Lipinski definition) is 4. The van der Waals surface area contributed by atoms with E-state index in [-0.39, 0.29) is 5.75 Å². The number of halogens is 1. The molecule has 0 aliphatic heterocycles. The molecule has 1 aromatic carbocycles. The monoisotopic (exact) mass is 275 g/mol. The molecule has 0 amide bonds. The Morgan fingerprint density at radius 1 is 1.26 bits per heavy atom. The molecule has 3 rings (SSSR count). The van der Waals surface area contributed by atoms with E-state index in [4.69, 9.17) is 11.6 Å². The van der Waals surface area contributed by atoms with E-state index in [1.54, 1.807) is 18.2 Å². The molecule has 0 atom stereocenters. The minimum absolute atomic E-state index is 0.0698. The summed E-state index contributed by atoms with van der Waals surface area (Å²) in [5.74, 6) is 1.61. The van der Waals surface area contributed by atoms with E-state index in [1.165, 1.54) is 5.56 Å². The van der Waals surface area contributed by atoms with Crippen LogP contribution in [0, 0.1) is 0 Å². The van der Waals surface area contributed by atoms with Gasteiger partial charge in [-0.25, -0.2) is 9.97 Å². The predicted octanol–water partition coefficient (Wildman–Crippen LogP) is 3.03. The van der Waals surface area contributed by atoms with Crippen LogP contribution in [0.5, 0.6) is 5.75 Å². The number of phenolic OH excluding ortho intramolecular Hbond substituents is 1. The molecule has 19 heavy (non-hydrogen) atoms. The minimum atomic E-state index is 0.0698. The fourth-order valence-electron chi connectivity index (χ4n) is 2.41. The van der Waals surface area contributed by atoms with Crippen molar-refractivity contribution in [1.29, 1.82) is 0 Å². The number of nitrogens with one attached hydrogen (secondary N) is 1. The van der Waals surface area contributed by atoms with Crippen molar-refractivity contribution >= 4 is 17.4 Å². The number of benzene rings is 1. The normalized spacial score (nSPS) is 13.4. The third kappa shape index (κ3) is 2.12. The summed E-state index contributed by atoms with van der Waals surface area (Å²) in [6, 6.07) is 5.03. The Kier molecular flexibility index (Phi) is 3.03. The first-order chi connectivity index (χ1) is 9.19. The quantitative estimate of drug-likeness (QED) is 0.884. The lowest BCUT2D eigenvalue weighted by Gasteiger charge is -2.10. The van der Waals surface area contributed by atoms with E-state index in [9.17, 15) is 5.11 Å². The summed E-state index contributed by atoms with van der Waals surface area (Å²) < 4.78 is 0. The van der Waals surface area contributed by atoms with Gasteiger partial charge < -0.3 is 10.4 Å². The number of phenols is 1. The van der Waals surface area contributed by atoms with Gasteiger partial charge in [0, 0.05) is 23.9 Å². The van der Waals surface area contributed by atoms with Gasteiger partial charge in [-0.2, -0.15) is 0 Å². The third-order valence-corrected chi connectivity index (χ3v) is 3.68. The summed E-state index contributed by atoms with van der Waals surface area (Å²) in [5, 5.41) is 12.9. The molecule has 4 nitrogen and oxygen atoms in total. The molecule has 0 bridgehead atoms. The van der Waals surface area contributed by atoms with Gasteiger partial charge >= 0.3 is 0 Å². The number of aromatic hydroxyl groups is 1. The molecule has 98 valence electrons. The van der Waals surface area contributed by atoms with Crippen molar-refractivity contribution < 1.29 is 5.11 Å². The SMILES string of the molecule is CNc1nc(-c2ccc(O)c(Cl)c2)nc2c1CCC2. The van der Waals surface area contributed by atoms with Crippen molar-refractivity contribution in [3.8, 4) is 17.1 Å². The van der Waals surface area contributed by atoms with Gasteiger partial charge in [-0.05, 0) is 37.5 Å². The second kappa shape index (κ2) is 4.70. The first-order valence-corrected chi connectivity index (χ1v) is 6.63. The highest BCUT2D eigenvalue weighted by Crippen LogP contribution is 2.31. The summed E-state index contributed by atoms with van der Waals surface area (Å²) in [4.78, 5) is 9.15. The topological polar surface area (TPSA) is 58.0 Å². The largest absolute Gasteiger partial charge is 0.506 e. The Labute approximate surface area is 116 Å². The number of aryl methyl sites for hydroxylation is 1. The molecule has 0 saturated carbocycles. The Bertz CT molecular complexity index is 643. The molecule has 1 aliphatic rings. The molecule has 0 spiro atoms. The fourth-order valence-corrected chi connectivity index (χ4v) is 2.59. The lowest BCUT2D eigenvalue weighted by atomic mass is 10.1. The van der Waals surface area contributed by atoms with Crippen molar-refractivity contribution in [2.75, 3.05) is 12.4 Å². The van der Waals surface area contributed by atoms with Crippen LogP contribution in [0.15, 0.2) is 18.2 Å². The Morgan fingerprint density at radius 2 is 2.11 bits per heavy atom. The van der Waals surface area contributed by atoms with Crippen LogP contribution in [0.2, 0.25) is 5.02 Å². The van der Waals surface area contributed by atoms with Crippen LogP contribution in [0.3, 0.4) is 0 Å². The van der Waals surface area contributed by atoms with Crippen molar-refractivity contribution in [3.63, 3.8) is 0 Å². The molecular formula is C14H14ClN3O. The Hall–Kier alpha value is -1.81. The van der Waals surface area contributed by atoms with Crippen molar-refractivity contribution in [2.24, 2.45) is 0 Å². The van der Waals surface area contributed by atoms with Crippen LogP contribution in [0.25, 0.3) is 11.4 Å². The lowest BCUT2D eigenvalue weighted by Crippen LogP contribution is -2.03. The number of rotatable bonds is 2. The number of aromatic nitrogens is 2. The average Bonchev–Trinajstić information content (AvgIpc) is 2.89. The number of nitrogens with zero attached hydrogens (tertiary/aromatic N) is 2. The van der Waals surface area contributed by atoms with Crippen molar-refractivity contribution in [2.45, 2.75) is 19.3 Å². The third-order valence-electron chi connectivity index (χ3n) is 3.38. The average molecular weight is 276 g/mol. The second-order valence-corrected chi connectivity index (χ2v) is 5.00. The minimum Gasteiger partial charge on any atom is -0.506 e. The van der Waals surface area contributed by atoms with Crippen LogP contribution in [-0.4, -0.2) is 22.1 Å². The molecular weight excluding hydrogens is 262 g/mol. The summed E-state index contributed by atoms with van der Waals surface area (Å²) in [5.41, 5.74) is 3.14. The number of fused-ring (bicyclic) bond motifs is 1. The van der Waals surface area contributed by atoms with Gasteiger partial charge in [0.1, 0.15) is 11.6 Å². The first kappa shape index (κ1) is 12.2. The maximum Gasteiger partial charge on any atom is 0.161 e. The molecule has 2 aromatic rings. The molecule has 5 heteroatoms. The molecule has 0 unspecified atom stereocenters. The van der Waals surface area contributed by atoms with Gasteiger partial charge in [-0.1, -0.05) is 11.6 Å². The zero-order valence-electron chi connectivity index (χ0n) is 10.6. The zero-order chi connectivity index (χ0) is 13.4. The highest BCUT2D eigenvalue weighted by Gasteiger charge is 2.19. The van der Waals surface area contributed by atoms with Gasteiger partial charge in [0.05, 0.1) is 5.02 Å². The fraction of sp³-hybridized carbons (Fsp3) is 0.286. The van der Waals surface area contributed by atoms with E-state index in [0.29, 0.717) is 10.8 Å². The van der Waals surface area contributed by atoms with Crippen LogP contribution in [-0.2, 0) is 12.8 Å². The number of hydrogen-bond donors (Lipinski definition) is 2. The van der Waals surface area contributed by atoms with E-state index in [2.05, 4.69) is 15.3 Å². The van der Waals surface area contributed by atoms with E-state index in [1.807, 2.05) is 7.05 Å². The van der Waals surface area contributed by atoms with Crippen LogP contribution >= 0.6 is 11.6 Å². The molecule has 1 heterocycles. The zero-order valence-corrected chi connectivity index (χ0v) is 11.3. The molecule has 0 saturated heterocycles. The summed E-state index contributed by atoms with van der Waals surface area (Å²) >= 11 is 5.93. The Balaban J connectivity index is 2.12. The van der Waals surface area contributed by atoms with Gasteiger partial charge in [0.2, 0.25) is 0 Å². The first-order valence-electron chi connectivity index (χ1n) is 6.25. The van der Waals surface area contributed by atoms with Gasteiger partial charge in [0.25, 0.3) is 0 Å². The lowest BCUT2D eigenvalue weighted by molar-refractivity contribution is 0.475. The van der Waals surface area contributed by atoms with Gasteiger partial charge in [-0.15, -0.1) is 0 Å². The molecule has 2 N–H and O–H groups in total. The maximum atomic E-state index is 9.46. The Morgan fingerprint density at radius 3 is 2.84 bits per heavy atom. The van der Waals surface area contributed by atoms with Crippen LogP contribution < -0.4 is 5.32 Å². The maximum absolute atomic E-state index is 9.46. The predicted molar refractivity (Wildman–Crippen MR) is 75.7 cm³/mol. The summed E-state index contributed by atoms with van der Waals surface area (Å²) in [6.07, 6.45) is 3.14. The van der Waals surface area contributed by atoms with Gasteiger partial charge in [-0.3, -0.25) is 0 Å². The van der Waals surface area contributed by atoms with Crippen LogP contribution in [0.4, 0.5) is 5.82 Å². The molecule has 1 aliphatic carbocycles. The summed E-state index contributed by atoms with van der Waals surface area (Å²) in [7, 11) is 1.87. The van der Waals surface area contributed by atoms with Crippen LogP contribution in [0.1, 0.15) is 17.7 Å². The van der Waals surface area contributed by atoms with Crippen molar-refractivity contribution in [3.05, 3.63) is 34.5 Å². The second-order valence-electron chi connectivity index (χ2n) is 4.59. The molecule has 0 fully saturated rings. The highest BCUT2D eigenvalue weighted by atomic mass is 35.5. The smallest absolute Gasteiger partial charge is 0.161 e. The van der Waals surface area contributed by atoms with Crippen molar-refractivity contribution in [1.82, 2.24) is 9.97 Å². The summed E-state index contributed by atoms with van der Waals surface area (Å²) in [6.45, 7) is 0. The van der Waals surface area contributed by atoms with E-state index >= 15 is 0 Å². The molecule has 0 radical (unpaired) electrons. The number of anilines is 1. The highest BCUT2D eigenvalue weighted by molar-refractivity contribution is 6.32.